The Kier molecular flexibility index (Phi) is 5.46. The first-order chi connectivity index (χ1) is 12.6. The van der Waals surface area contributed by atoms with Crippen LogP contribution in [0, 0.1) is 0 Å². The highest BCUT2D eigenvalue weighted by molar-refractivity contribution is 6.13. The van der Waals surface area contributed by atoms with Crippen molar-refractivity contribution < 1.29 is 14.3 Å². The molecule has 0 saturated carbocycles. The topological polar surface area (TPSA) is 52.5 Å². The number of nitrogens with zero attached hydrogens (tertiary/aromatic N) is 1. The maximum absolute atomic E-state index is 12.9. The van der Waals surface area contributed by atoms with Gasteiger partial charge in [0.15, 0.2) is 0 Å². The van der Waals surface area contributed by atoms with Gasteiger partial charge in [0.05, 0.1) is 19.4 Å². The maximum atomic E-state index is 12.9. The highest BCUT2D eigenvalue weighted by Gasteiger charge is 2.15. The molecule has 5 heteroatoms. The van der Waals surface area contributed by atoms with E-state index in [0.29, 0.717) is 29.4 Å². The second-order valence-electron chi connectivity index (χ2n) is 6.18. The lowest BCUT2D eigenvalue weighted by Crippen LogP contribution is -2.13. The molecule has 26 heavy (non-hydrogen) atoms. The molecular weight excluding hydrogens is 328 g/mol. The molecule has 1 amide bonds. The number of rotatable bonds is 7. The van der Waals surface area contributed by atoms with Gasteiger partial charge in [-0.15, -0.1) is 0 Å². The molecule has 0 atom stereocenters. The van der Waals surface area contributed by atoms with Crippen LogP contribution < -0.4 is 14.8 Å². The number of unbranched alkanes of at least 4 members (excludes halogenated alkanes) is 1. The van der Waals surface area contributed by atoms with Crippen LogP contribution in [0.25, 0.3) is 10.9 Å². The molecule has 0 bridgehead atoms. The van der Waals surface area contributed by atoms with Crippen molar-refractivity contribution in [1.29, 1.82) is 0 Å². The van der Waals surface area contributed by atoms with Crippen molar-refractivity contribution in [1.82, 2.24) is 4.57 Å². The van der Waals surface area contributed by atoms with Gasteiger partial charge in [0, 0.05) is 35.8 Å². The van der Waals surface area contributed by atoms with Gasteiger partial charge in [-0.3, -0.25) is 4.79 Å². The quantitative estimate of drug-likeness (QED) is 0.631. The summed E-state index contributed by atoms with van der Waals surface area (Å²) in [5.41, 5.74) is 2.26. The SMILES string of the molecule is CCCCOc1ccc(OC)cc1NC(=O)c1cccc2c1ccn2C. The summed E-state index contributed by atoms with van der Waals surface area (Å²) in [4.78, 5) is 12.9. The van der Waals surface area contributed by atoms with Crippen LogP contribution in [0.15, 0.2) is 48.7 Å². The van der Waals surface area contributed by atoms with Crippen molar-refractivity contribution in [2.24, 2.45) is 7.05 Å². The molecule has 0 saturated heterocycles. The van der Waals surface area contributed by atoms with Gasteiger partial charge in [-0.05, 0) is 36.8 Å². The minimum atomic E-state index is -0.171. The molecule has 0 aliphatic carbocycles. The smallest absolute Gasteiger partial charge is 0.256 e. The summed E-state index contributed by atoms with van der Waals surface area (Å²) in [5.74, 6) is 1.14. The fourth-order valence-corrected chi connectivity index (χ4v) is 2.88. The van der Waals surface area contributed by atoms with Crippen molar-refractivity contribution >= 4 is 22.5 Å². The fourth-order valence-electron chi connectivity index (χ4n) is 2.88. The Labute approximate surface area is 153 Å². The number of aryl methyl sites for hydroxylation is 1. The maximum Gasteiger partial charge on any atom is 0.256 e. The van der Waals surface area contributed by atoms with Gasteiger partial charge >= 0.3 is 0 Å². The standard InChI is InChI=1S/C21H24N2O3/c1-4-5-13-26-20-10-9-15(25-3)14-18(20)22-21(24)17-7-6-8-19-16(17)11-12-23(19)2/h6-12,14H,4-5,13H2,1-3H3,(H,22,24). The monoisotopic (exact) mass is 352 g/mol. The van der Waals surface area contributed by atoms with E-state index in [1.165, 1.54) is 0 Å². The van der Waals surface area contributed by atoms with Gasteiger partial charge in [-0.2, -0.15) is 0 Å². The van der Waals surface area contributed by atoms with E-state index in [4.69, 9.17) is 9.47 Å². The Balaban J connectivity index is 1.89. The first-order valence-electron chi connectivity index (χ1n) is 8.80. The van der Waals surface area contributed by atoms with Crippen LogP contribution in [0.5, 0.6) is 11.5 Å². The number of carbonyl (C=O) groups excluding carboxylic acids is 1. The number of nitrogens with one attached hydrogen (secondary N) is 1. The lowest BCUT2D eigenvalue weighted by molar-refractivity contribution is 0.102. The largest absolute Gasteiger partial charge is 0.497 e. The molecule has 0 aliphatic rings. The fraction of sp³-hybridized carbons (Fsp3) is 0.286. The van der Waals surface area contributed by atoms with Crippen LogP contribution in [0.1, 0.15) is 30.1 Å². The molecule has 1 aromatic heterocycles. The third-order valence-electron chi connectivity index (χ3n) is 4.36. The number of aromatic nitrogens is 1. The third kappa shape index (κ3) is 3.67. The van der Waals surface area contributed by atoms with Gasteiger partial charge in [-0.1, -0.05) is 19.4 Å². The molecule has 1 N–H and O–H groups in total. The zero-order valence-corrected chi connectivity index (χ0v) is 15.4. The van der Waals surface area contributed by atoms with Gasteiger partial charge in [0.2, 0.25) is 0 Å². The molecule has 3 aromatic rings. The van der Waals surface area contributed by atoms with E-state index >= 15 is 0 Å². The van der Waals surface area contributed by atoms with E-state index in [2.05, 4.69) is 12.2 Å². The highest BCUT2D eigenvalue weighted by atomic mass is 16.5. The lowest BCUT2D eigenvalue weighted by atomic mass is 10.1. The Morgan fingerprint density at radius 3 is 2.81 bits per heavy atom. The molecule has 0 fully saturated rings. The molecule has 5 nitrogen and oxygen atoms in total. The van der Waals surface area contributed by atoms with E-state index < -0.39 is 0 Å². The number of amides is 1. The van der Waals surface area contributed by atoms with Crippen LogP contribution in [0.4, 0.5) is 5.69 Å². The molecular formula is C21H24N2O3. The normalized spacial score (nSPS) is 10.7. The molecule has 1 heterocycles. The summed E-state index contributed by atoms with van der Waals surface area (Å²) in [7, 11) is 3.56. The van der Waals surface area contributed by atoms with E-state index in [9.17, 15) is 4.79 Å². The second-order valence-corrected chi connectivity index (χ2v) is 6.18. The first-order valence-corrected chi connectivity index (χ1v) is 8.80. The Bertz CT molecular complexity index is 915. The molecule has 0 aliphatic heterocycles. The van der Waals surface area contributed by atoms with Gasteiger partial charge in [0.1, 0.15) is 11.5 Å². The summed E-state index contributed by atoms with van der Waals surface area (Å²) in [6.07, 6.45) is 3.96. The predicted molar refractivity (Wildman–Crippen MR) is 104 cm³/mol. The second kappa shape index (κ2) is 7.95. The zero-order valence-electron chi connectivity index (χ0n) is 15.4. The van der Waals surface area contributed by atoms with Crippen molar-refractivity contribution in [3.63, 3.8) is 0 Å². The third-order valence-corrected chi connectivity index (χ3v) is 4.36. The number of hydrogen-bond donors (Lipinski definition) is 1. The summed E-state index contributed by atoms with van der Waals surface area (Å²) >= 11 is 0. The van der Waals surface area contributed by atoms with Crippen molar-refractivity contribution in [2.45, 2.75) is 19.8 Å². The number of ether oxygens (including phenoxy) is 2. The van der Waals surface area contributed by atoms with Crippen LogP contribution in [-0.4, -0.2) is 24.2 Å². The number of hydrogen-bond acceptors (Lipinski definition) is 3. The van der Waals surface area contributed by atoms with Gasteiger partial charge < -0.3 is 19.4 Å². The van der Waals surface area contributed by atoms with Crippen LogP contribution in [0.2, 0.25) is 0 Å². The molecule has 0 radical (unpaired) electrons. The van der Waals surface area contributed by atoms with Crippen molar-refractivity contribution in [2.75, 3.05) is 19.0 Å². The van der Waals surface area contributed by atoms with Crippen LogP contribution in [-0.2, 0) is 7.05 Å². The van der Waals surface area contributed by atoms with Crippen LogP contribution in [0.3, 0.4) is 0 Å². The summed E-state index contributed by atoms with van der Waals surface area (Å²) < 4.78 is 13.1. The van der Waals surface area contributed by atoms with E-state index in [1.54, 1.807) is 13.2 Å². The average Bonchev–Trinajstić information content (AvgIpc) is 3.04. The Morgan fingerprint density at radius 1 is 1.19 bits per heavy atom. The molecule has 0 unspecified atom stereocenters. The number of benzene rings is 2. The minimum absolute atomic E-state index is 0.171. The molecule has 136 valence electrons. The molecule has 2 aromatic carbocycles. The van der Waals surface area contributed by atoms with E-state index in [-0.39, 0.29) is 5.91 Å². The Hall–Kier alpha value is -2.95. The van der Waals surface area contributed by atoms with Crippen molar-refractivity contribution in [3.8, 4) is 11.5 Å². The number of methoxy groups -OCH3 is 1. The number of carbonyl (C=O) groups is 1. The van der Waals surface area contributed by atoms with Crippen molar-refractivity contribution in [3.05, 3.63) is 54.2 Å². The number of fused-ring (bicyclic) bond motifs is 1. The van der Waals surface area contributed by atoms with Gasteiger partial charge in [-0.25, -0.2) is 0 Å². The molecule has 3 rings (SSSR count). The number of anilines is 1. The summed E-state index contributed by atoms with van der Waals surface area (Å²) in [6, 6.07) is 13.1. The lowest BCUT2D eigenvalue weighted by Gasteiger charge is -2.14. The average molecular weight is 352 g/mol. The van der Waals surface area contributed by atoms with E-state index in [0.717, 1.165) is 23.7 Å². The van der Waals surface area contributed by atoms with E-state index in [1.807, 2.05) is 54.2 Å². The zero-order chi connectivity index (χ0) is 18.5. The summed E-state index contributed by atoms with van der Waals surface area (Å²) in [5, 5.41) is 3.90. The van der Waals surface area contributed by atoms with Crippen LogP contribution >= 0.6 is 0 Å². The predicted octanol–water partition coefficient (Wildman–Crippen LogP) is 4.62. The highest BCUT2D eigenvalue weighted by Crippen LogP contribution is 2.30. The minimum Gasteiger partial charge on any atom is -0.497 e. The summed E-state index contributed by atoms with van der Waals surface area (Å²) in [6.45, 7) is 2.72. The first kappa shape index (κ1) is 17.9. The van der Waals surface area contributed by atoms with Gasteiger partial charge in [0.25, 0.3) is 5.91 Å². The molecule has 0 spiro atoms. The Morgan fingerprint density at radius 2 is 2.04 bits per heavy atom.